The average Bonchev–Trinajstić information content (AvgIpc) is 2.94. The lowest BCUT2D eigenvalue weighted by atomic mass is 10.1. The third-order valence-corrected chi connectivity index (χ3v) is 6.79. The molecule has 0 aliphatic rings. The van der Waals surface area contributed by atoms with Crippen LogP contribution in [0.4, 0.5) is 13.2 Å². The Labute approximate surface area is 235 Å². The second kappa shape index (κ2) is 11.5. The molecule has 5 nitrogen and oxygen atoms in total. The minimum Gasteiger partial charge on any atom is -0.507 e. The number of fused-ring (bicyclic) bond motifs is 1. The van der Waals surface area contributed by atoms with Crippen LogP contribution in [-0.2, 0) is 25.8 Å². The summed E-state index contributed by atoms with van der Waals surface area (Å²) in [6.45, 7) is 4.34. The number of phenols is 1. The summed E-state index contributed by atoms with van der Waals surface area (Å²) in [5.74, 6) is -2.65. The number of halogens is 3. The maximum atomic E-state index is 14.3. The first-order chi connectivity index (χ1) is 19.6. The van der Waals surface area contributed by atoms with Crippen molar-refractivity contribution in [3.8, 4) is 17.2 Å². The van der Waals surface area contributed by atoms with Gasteiger partial charge in [-0.05, 0) is 54.3 Å². The molecule has 41 heavy (non-hydrogen) atoms. The first kappa shape index (κ1) is 28.0. The van der Waals surface area contributed by atoms with Crippen LogP contribution in [0.2, 0.25) is 0 Å². The van der Waals surface area contributed by atoms with Crippen molar-refractivity contribution < 1.29 is 27.4 Å². The Morgan fingerprint density at radius 1 is 0.829 bits per heavy atom. The van der Waals surface area contributed by atoms with Gasteiger partial charge < -0.3 is 14.3 Å². The second-order valence-corrected chi connectivity index (χ2v) is 10.0. The molecule has 0 bridgehead atoms. The summed E-state index contributed by atoms with van der Waals surface area (Å²) in [5.41, 5.74) is 2.05. The average molecular weight is 560 g/mol. The number of phenolic OH excluding ortho intramolecular Hbond substituents is 1. The molecule has 8 heteroatoms. The molecule has 0 radical (unpaired) electrons. The fourth-order valence-electron chi connectivity index (χ4n) is 4.72. The molecule has 5 rings (SSSR count). The zero-order valence-corrected chi connectivity index (χ0v) is 22.5. The predicted molar refractivity (Wildman–Crippen MR) is 151 cm³/mol. The van der Waals surface area contributed by atoms with Crippen LogP contribution in [0.5, 0.6) is 17.2 Å². The lowest BCUT2D eigenvalue weighted by molar-refractivity contribution is -0.154. The van der Waals surface area contributed by atoms with Gasteiger partial charge in [-0.3, -0.25) is 9.69 Å². The fraction of sp³-hybridized carbons (Fsp3) is 0.182. The van der Waals surface area contributed by atoms with E-state index in [1.54, 1.807) is 32.0 Å². The summed E-state index contributed by atoms with van der Waals surface area (Å²) in [6, 6.07) is 26.8. The van der Waals surface area contributed by atoms with Crippen LogP contribution in [-0.4, -0.2) is 10.0 Å². The van der Waals surface area contributed by atoms with Crippen molar-refractivity contribution in [3.63, 3.8) is 0 Å². The molecular weight excluding hydrogens is 531 g/mol. The van der Waals surface area contributed by atoms with E-state index >= 15 is 0 Å². The van der Waals surface area contributed by atoms with Gasteiger partial charge in [0, 0.05) is 19.6 Å². The maximum Gasteiger partial charge on any atom is 0.453 e. The van der Waals surface area contributed by atoms with E-state index in [0.717, 1.165) is 16.7 Å². The van der Waals surface area contributed by atoms with Crippen molar-refractivity contribution in [2.75, 3.05) is 0 Å². The van der Waals surface area contributed by atoms with Crippen LogP contribution in [0.25, 0.3) is 11.0 Å². The first-order valence-electron chi connectivity index (χ1n) is 13.0. The zero-order chi connectivity index (χ0) is 29.1. The van der Waals surface area contributed by atoms with Gasteiger partial charge in [-0.15, -0.1) is 0 Å². The number of alkyl halides is 3. The van der Waals surface area contributed by atoms with Gasteiger partial charge in [-0.1, -0.05) is 72.8 Å². The van der Waals surface area contributed by atoms with Crippen molar-refractivity contribution in [1.82, 2.24) is 4.90 Å². The predicted octanol–water partition coefficient (Wildman–Crippen LogP) is 8.13. The molecule has 210 valence electrons. The van der Waals surface area contributed by atoms with Crippen molar-refractivity contribution >= 4 is 11.0 Å². The normalized spacial score (nSPS) is 11.8. The quantitative estimate of drug-likeness (QED) is 0.208. The fourth-order valence-corrected chi connectivity index (χ4v) is 4.72. The summed E-state index contributed by atoms with van der Waals surface area (Å²) < 4.78 is 54.0. The molecule has 0 aliphatic carbocycles. The van der Waals surface area contributed by atoms with Crippen molar-refractivity contribution in [3.05, 3.63) is 135 Å². The molecule has 1 aromatic heterocycles. The van der Waals surface area contributed by atoms with Crippen molar-refractivity contribution in [2.45, 2.75) is 39.7 Å². The summed E-state index contributed by atoms with van der Waals surface area (Å²) >= 11 is 0. The Balaban J connectivity index is 1.63. The topological polar surface area (TPSA) is 62.9 Å². The minimum absolute atomic E-state index is 0.0182. The summed E-state index contributed by atoms with van der Waals surface area (Å²) in [7, 11) is 0. The molecule has 0 spiro atoms. The van der Waals surface area contributed by atoms with E-state index in [1.807, 2.05) is 65.6 Å². The molecule has 0 fully saturated rings. The standard InChI is InChI=1S/C33H28F3NO4/c1-21-13-14-22(2)28(17-21)40-31-29(39)25-15-16-27(38)26(30(25)41-32(31)33(34,35)36)20-37(18-23-9-5-3-6-10-23)19-24-11-7-4-8-12-24/h3-17,38H,18-20H2,1-2H3. The Hall–Kier alpha value is -4.56. The summed E-state index contributed by atoms with van der Waals surface area (Å²) in [4.78, 5) is 15.5. The molecule has 0 aliphatic heterocycles. The highest BCUT2D eigenvalue weighted by molar-refractivity contribution is 5.83. The lowest BCUT2D eigenvalue weighted by Crippen LogP contribution is -2.23. The summed E-state index contributed by atoms with van der Waals surface area (Å²) in [6.07, 6.45) is -5.03. The van der Waals surface area contributed by atoms with E-state index in [4.69, 9.17) is 9.15 Å². The van der Waals surface area contributed by atoms with E-state index in [-0.39, 0.29) is 34.6 Å². The number of hydrogen-bond donors (Lipinski definition) is 1. The third kappa shape index (κ3) is 6.28. The van der Waals surface area contributed by atoms with Crippen LogP contribution in [0, 0.1) is 13.8 Å². The molecule has 5 aromatic rings. The number of ether oxygens (including phenoxy) is 1. The monoisotopic (exact) mass is 559 g/mol. The highest BCUT2D eigenvalue weighted by Crippen LogP contribution is 2.40. The van der Waals surface area contributed by atoms with Gasteiger partial charge in [0.2, 0.25) is 11.2 Å². The highest BCUT2D eigenvalue weighted by atomic mass is 19.4. The SMILES string of the molecule is Cc1ccc(C)c(Oc2c(C(F)(F)F)oc3c(CN(Cc4ccccc4)Cc4ccccc4)c(O)ccc3c2=O)c1. The van der Waals surface area contributed by atoms with E-state index < -0.39 is 23.1 Å². The smallest absolute Gasteiger partial charge is 0.453 e. The molecule has 0 saturated carbocycles. The number of aryl methyl sites for hydroxylation is 2. The van der Waals surface area contributed by atoms with Crippen molar-refractivity contribution in [2.24, 2.45) is 0 Å². The third-order valence-electron chi connectivity index (χ3n) is 6.79. The molecule has 0 atom stereocenters. The number of hydrogen-bond acceptors (Lipinski definition) is 5. The molecule has 0 saturated heterocycles. The van der Waals surface area contributed by atoms with Gasteiger partial charge >= 0.3 is 6.18 Å². The van der Waals surface area contributed by atoms with E-state index in [2.05, 4.69) is 0 Å². The number of rotatable bonds is 8. The minimum atomic E-state index is -5.03. The van der Waals surface area contributed by atoms with Gasteiger partial charge in [0.05, 0.1) is 10.9 Å². The van der Waals surface area contributed by atoms with Crippen LogP contribution in [0.1, 0.15) is 33.6 Å². The van der Waals surface area contributed by atoms with E-state index in [9.17, 15) is 23.1 Å². The Morgan fingerprint density at radius 2 is 1.44 bits per heavy atom. The number of benzene rings is 4. The molecule has 4 aromatic carbocycles. The van der Waals surface area contributed by atoms with Gasteiger partial charge in [0.1, 0.15) is 17.1 Å². The number of nitrogens with zero attached hydrogens (tertiary/aromatic N) is 1. The zero-order valence-electron chi connectivity index (χ0n) is 22.5. The maximum absolute atomic E-state index is 14.3. The van der Waals surface area contributed by atoms with Crippen molar-refractivity contribution in [1.29, 1.82) is 0 Å². The van der Waals surface area contributed by atoms with Gasteiger partial charge in [0.25, 0.3) is 5.76 Å². The second-order valence-electron chi connectivity index (χ2n) is 10.0. The number of aromatic hydroxyl groups is 1. The largest absolute Gasteiger partial charge is 0.507 e. The Kier molecular flexibility index (Phi) is 7.85. The Morgan fingerprint density at radius 3 is 2.02 bits per heavy atom. The van der Waals surface area contributed by atoms with Gasteiger partial charge in [-0.2, -0.15) is 13.2 Å². The lowest BCUT2D eigenvalue weighted by Gasteiger charge is -2.24. The van der Waals surface area contributed by atoms with Crippen LogP contribution >= 0.6 is 0 Å². The van der Waals surface area contributed by atoms with Crippen LogP contribution in [0.3, 0.4) is 0 Å². The highest BCUT2D eigenvalue weighted by Gasteiger charge is 2.41. The summed E-state index contributed by atoms with van der Waals surface area (Å²) in [5, 5.41) is 10.7. The Bertz CT molecular complexity index is 1690. The van der Waals surface area contributed by atoms with Gasteiger partial charge in [-0.25, -0.2) is 0 Å². The molecule has 0 amide bonds. The van der Waals surface area contributed by atoms with Crippen LogP contribution < -0.4 is 10.2 Å². The first-order valence-corrected chi connectivity index (χ1v) is 13.0. The van der Waals surface area contributed by atoms with E-state index in [1.165, 1.54) is 12.1 Å². The molecule has 1 heterocycles. The van der Waals surface area contributed by atoms with E-state index in [0.29, 0.717) is 18.7 Å². The molecule has 0 unspecified atom stereocenters. The van der Waals surface area contributed by atoms with Crippen LogP contribution in [0.15, 0.2) is 100 Å². The molecule has 1 N–H and O–H groups in total. The van der Waals surface area contributed by atoms with Gasteiger partial charge in [0.15, 0.2) is 0 Å². The molecular formula is C33H28F3NO4.